The van der Waals surface area contributed by atoms with E-state index in [4.69, 9.17) is 4.74 Å². The minimum Gasteiger partial charge on any atom is -0.497 e. The maximum Gasteiger partial charge on any atom is 0.434 e. The fourth-order valence-corrected chi connectivity index (χ4v) is 4.40. The lowest BCUT2D eigenvalue weighted by molar-refractivity contribution is -0.308. The van der Waals surface area contributed by atoms with E-state index in [9.17, 15) is 31.1 Å². The Morgan fingerprint density at radius 1 is 1.06 bits per heavy atom. The van der Waals surface area contributed by atoms with Gasteiger partial charge in [0.1, 0.15) is 5.75 Å². The summed E-state index contributed by atoms with van der Waals surface area (Å²) in [7, 11) is 1.58. The van der Waals surface area contributed by atoms with Crippen molar-refractivity contribution in [1.29, 1.82) is 0 Å². The molecule has 2 aliphatic rings. The highest BCUT2D eigenvalue weighted by molar-refractivity contribution is 5.68. The maximum absolute atomic E-state index is 12.7. The Bertz CT molecular complexity index is 761. The molecule has 11 heteroatoms. The van der Waals surface area contributed by atoms with Gasteiger partial charge in [0.25, 0.3) is 6.10 Å². The monoisotopic (exact) mass is 454 g/mol. The van der Waals surface area contributed by atoms with Crippen LogP contribution in [-0.4, -0.2) is 66.6 Å². The van der Waals surface area contributed by atoms with Gasteiger partial charge in [-0.3, -0.25) is 4.90 Å². The second-order valence-corrected chi connectivity index (χ2v) is 7.94. The average Bonchev–Trinajstić information content (AvgIpc) is 3.06. The molecule has 2 fully saturated rings. The van der Waals surface area contributed by atoms with Gasteiger partial charge in [-0.05, 0) is 49.9 Å². The van der Waals surface area contributed by atoms with Crippen LogP contribution >= 0.6 is 0 Å². The standard InChI is InChI=1S/C20H24F6N2O3/c1-30-15-5-2-4-14(12-15)13-28-9-3-6-18(28)7-10-27(11-8-18)17(29)31-16(19(21,22)23)20(24,25)26/h2,4-5,12,16H,3,6-11,13H2,1H3. The molecule has 1 aromatic rings. The van der Waals surface area contributed by atoms with Gasteiger partial charge in [-0.2, -0.15) is 26.3 Å². The smallest absolute Gasteiger partial charge is 0.434 e. The summed E-state index contributed by atoms with van der Waals surface area (Å²) >= 11 is 0. The van der Waals surface area contributed by atoms with Crippen LogP contribution in [0, 0.1) is 0 Å². The first kappa shape index (κ1) is 23.5. The molecule has 0 saturated carbocycles. The Balaban J connectivity index is 1.62. The number of carbonyl (C=O) groups excluding carboxylic acids is 1. The molecule has 5 nitrogen and oxygen atoms in total. The first-order chi connectivity index (χ1) is 14.4. The zero-order valence-corrected chi connectivity index (χ0v) is 16.9. The third kappa shape index (κ3) is 5.36. The number of hydrogen-bond donors (Lipinski definition) is 0. The highest BCUT2D eigenvalue weighted by atomic mass is 19.4. The fourth-order valence-electron chi connectivity index (χ4n) is 4.40. The molecule has 174 valence electrons. The number of likely N-dealkylation sites (tertiary alicyclic amines) is 2. The fraction of sp³-hybridized carbons (Fsp3) is 0.650. The van der Waals surface area contributed by atoms with Gasteiger partial charge in [-0.25, -0.2) is 4.79 Å². The summed E-state index contributed by atoms with van der Waals surface area (Å²) in [5.74, 6) is 0.729. The number of hydrogen-bond acceptors (Lipinski definition) is 4. The molecule has 2 saturated heterocycles. The van der Waals surface area contributed by atoms with E-state index in [2.05, 4.69) is 9.64 Å². The summed E-state index contributed by atoms with van der Waals surface area (Å²) in [6.45, 7) is 1.55. The molecule has 0 aliphatic carbocycles. The van der Waals surface area contributed by atoms with Gasteiger partial charge in [0.05, 0.1) is 7.11 Å². The Hall–Kier alpha value is -2.17. The molecule has 3 rings (SSSR count). The van der Waals surface area contributed by atoms with E-state index < -0.39 is 24.5 Å². The number of benzene rings is 1. The molecule has 31 heavy (non-hydrogen) atoms. The number of piperidine rings is 1. The van der Waals surface area contributed by atoms with Crippen LogP contribution in [0.5, 0.6) is 5.75 Å². The third-order valence-electron chi connectivity index (χ3n) is 6.01. The molecule has 0 bridgehead atoms. The van der Waals surface area contributed by atoms with Gasteiger partial charge in [0, 0.05) is 25.2 Å². The highest BCUT2D eigenvalue weighted by Gasteiger charge is 2.60. The van der Waals surface area contributed by atoms with E-state index in [-0.39, 0.29) is 18.6 Å². The summed E-state index contributed by atoms with van der Waals surface area (Å²) in [6, 6.07) is 7.61. The highest BCUT2D eigenvalue weighted by Crippen LogP contribution is 2.40. The zero-order chi connectivity index (χ0) is 22.9. The normalized spacial score (nSPS) is 19.8. The van der Waals surface area contributed by atoms with Crippen LogP contribution in [0.4, 0.5) is 31.1 Å². The molecule has 1 aromatic carbocycles. The number of rotatable bonds is 4. The van der Waals surface area contributed by atoms with E-state index in [1.807, 2.05) is 24.3 Å². The molecular formula is C20H24F6N2O3. The van der Waals surface area contributed by atoms with Crippen molar-refractivity contribution in [2.45, 2.75) is 56.2 Å². The quantitative estimate of drug-likeness (QED) is 0.616. The van der Waals surface area contributed by atoms with Gasteiger partial charge in [0.15, 0.2) is 0 Å². The summed E-state index contributed by atoms with van der Waals surface area (Å²) in [6.07, 6.45) is -14.5. The van der Waals surface area contributed by atoms with E-state index in [1.54, 1.807) is 7.11 Å². The number of alkyl halides is 6. The van der Waals surface area contributed by atoms with Gasteiger partial charge < -0.3 is 14.4 Å². The minimum atomic E-state index is -5.72. The third-order valence-corrected chi connectivity index (χ3v) is 6.01. The van der Waals surface area contributed by atoms with E-state index in [0.717, 1.165) is 35.6 Å². The number of amides is 1. The Kier molecular flexibility index (Phi) is 6.64. The van der Waals surface area contributed by atoms with E-state index in [1.165, 1.54) is 0 Å². The largest absolute Gasteiger partial charge is 0.497 e. The Morgan fingerprint density at radius 2 is 1.71 bits per heavy atom. The zero-order valence-electron chi connectivity index (χ0n) is 16.9. The number of nitrogens with zero attached hydrogens (tertiary/aromatic N) is 2. The van der Waals surface area contributed by atoms with Gasteiger partial charge in [0.2, 0.25) is 0 Å². The SMILES string of the molecule is COc1cccc(CN2CCCC23CCN(C(=O)OC(C(F)(F)F)C(F)(F)F)CC3)c1. The lowest BCUT2D eigenvalue weighted by atomic mass is 9.85. The van der Waals surface area contributed by atoms with Crippen molar-refractivity contribution >= 4 is 6.09 Å². The number of methoxy groups -OCH3 is 1. The molecule has 2 heterocycles. The number of halogens is 6. The molecule has 0 atom stereocenters. The predicted molar refractivity (Wildman–Crippen MR) is 98.6 cm³/mol. The number of ether oxygens (including phenoxy) is 2. The maximum atomic E-state index is 12.7. The lowest BCUT2D eigenvalue weighted by Crippen LogP contribution is -2.54. The molecule has 0 aromatic heterocycles. The van der Waals surface area contributed by atoms with E-state index in [0.29, 0.717) is 19.4 Å². The summed E-state index contributed by atoms with van der Waals surface area (Å²) < 4.78 is 85.1. The van der Waals surface area contributed by atoms with Crippen molar-refractivity contribution in [3.05, 3.63) is 29.8 Å². The van der Waals surface area contributed by atoms with Crippen molar-refractivity contribution in [3.8, 4) is 5.75 Å². The minimum absolute atomic E-state index is 0.0376. The van der Waals surface area contributed by atoms with Crippen LogP contribution in [0.1, 0.15) is 31.2 Å². The summed E-state index contributed by atoms with van der Waals surface area (Å²) in [5, 5.41) is 0. The molecular weight excluding hydrogens is 430 g/mol. The first-order valence-electron chi connectivity index (χ1n) is 9.92. The van der Waals surface area contributed by atoms with Crippen molar-refractivity contribution in [3.63, 3.8) is 0 Å². The summed E-state index contributed by atoms with van der Waals surface area (Å²) in [4.78, 5) is 15.2. The molecule has 0 N–H and O–H groups in total. The molecule has 1 amide bonds. The van der Waals surface area contributed by atoms with Crippen molar-refractivity contribution in [2.75, 3.05) is 26.7 Å². The van der Waals surface area contributed by atoms with E-state index >= 15 is 0 Å². The van der Waals surface area contributed by atoms with Gasteiger partial charge in [-0.1, -0.05) is 12.1 Å². The van der Waals surface area contributed by atoms with Crippen molar-refractivity contribution in [2.24, 2.45) is 0 Å². The summed E-state index contributed by atoms with van der Waals surface area (Å²) in [5.41, 5.74) is 0.800. The molecule has 1 spiro atoms. The molecule has 0 unspecified atom stereocenters. The van der Waals surface area contributed by atoms with Gasteiger partial charge in [-0.15, -0.1) is 0 Å². The Morgan fingerprint density at radius 3 is 2.29 bits per heavy atom. The van der Waals surface area contributed by atoms with Crippen LogP contribution in [0.15, 0.2) is 24.3 Å². The second-order valence-electron chi connectivity index (χ2n) is 7.94. The average molecular weight is 454 g/mol. The van der Waals surface area contributed by atoms with Crippen molar-refractivity contribution in [1.82, 2.24) is 9.80 Å². The second kappa shape index (κ2) is 8.76. The first-order valence-corrected chi connectivity index (χ1v) is 9.92. The topological polar surface area (TPSA) is 42.0 Å². The lowest BCUT2D eigenvalue weighted by Gasteiger charge is -2.45. The molecule has 0 radical (unpaired) electrons. The number of carbonyl (C=O) groups is 1. The van der Waals surface area contributed by atoms with Crippen LogP contribution in [-0.2, 0) is 11.3 Å². The predicted octanol–water partition coefficient (Wildman–Crippen LogP) is 4.76. The Labute approximate surface area is 175 Å². The van der Waals surface area contributed by atoms with Crippen LogP contribution < -0.4 is 4.74 Å². The molecule has 2 aliphatic heterocycles. The van der Waals surface area contributed by atoms with Crippen LogP contribution in [0.25, 0.3) is 0 Å². The van der Waals surface area contributed by atoms with Crippen LogP contribution in [0.3, 0.4) is 0 Å². The van der Waals surface area contributed by atoms with Gasteiger partial charge >= 0.3 is 18.4 Å². The van der Waals surface area contributed by atoms with Crippen molar-refractivity contribution < 1.29 is 40.6 Å². The van der Waals surface area contributed by atoms with Crippen LogP contribution in [0.2, 0.25) is 0 Å².